The van der Waals surface area contributed by atoms with Crippen molar-refractivity contribution >= 4 is 34.5 Å². The first-order chi connectivity index (χ1) is 13.1. The minimum atomic E-state index is -0.234. The van der Waals surface area contributed by atoms with Crippen LogP contribution in [0.4, 0.5) is 5.69 Å². The molecule has 2 aromatic carbocycles. The molecule has 4 nitrogen and oxygen atoms in total. The fraction of sp³-hybridized carbons (Fsp3) is 0.143. The summed E-state index contributed by atoms with van der Waals surface area (Å²) in [5, 5.41) is 17.7. The minimum Gasteiger partial charge on any atom is -0.324 e. The van der Waals surface area contributed by atoms with Crippen molar-refractivity contribution < 1.29 is 4.79 Å². The molecule has 0 aliphatic heterocycles. The maximum Gasteiger partial charge on any atom is 0.238 e. The Hall–Kier alpha value is -2.65. The van der Waals surface area contributed by atoms with Crippen LogP contribution >= 0.6 is 22.9 Å². The minimum absolute atomic E-state index is 0.0776. The lowest BCUT2D eigenvalue weighted by Crippen LogP contribution is -2.31. The second-order valence-electron chi connectivity index (χ2n) is 6.09. The van der Waals surface area contributed by atoms with Gasteiger partial charge < -0.3 is 5.32 Å². The number of carbonyl (C=O) groups excluding carboxylic acids is 1. The fourth-order valence-corrected chi connectivity index (χ4v) is 3.70. The molecular weight excluding hydrogens is 378 g/mol. The molecule has 0 fully saturated rings. The normalized spacial score (nSPS) is 11.6. The van der Waals surface area contributed by atoms with Gasteiger partial charge in [0.15, 0.2) is 0 Å². The predicted molar refractivity (Wildman–Crippen MR) is 110 cm³/mol. The number of benzene rings is 2. The molecule has 0 saturated heterocycles. The number of carbonyl (C=O) groups is 1. The Morgan fingerprint density at radius 1 is 1.22 bits per heavy atom. The molecule has 0 radical (unpaired) electrons. The van der Waals surface area contributed by atoms with E-state index in [1.54, 1.807) is 29.5 Å². The molecule has 136 valence electrons. The third-order valence-corrected chi connectivity index (χ3v) is 5.25. The van der Waals surface area contributed by atoms with Gasteiger partial charge in [-0.3, -0.25) is 10.1 Å². The highest BCUT2D eigenvalue weighted by Gasteiger charge is 2.16. The van der Waals surface area contributed by atoms with Gasteiger partial charge in [-0.1, -0.05) is 47.5 Å². The van der Waals surface area contributed by atoms with Gasteiger partial charge >= 0.3 is 0 Å². The number of hydrogen-bond donors (Lipinski definition) is 2. The number of amides is 1. The second-order valence-corrected chi connectivity index (χ2v) is 7.51. The standard InChI is InChI=1S/C21H18ClN3OS/c1-14-4-6-15(7-5-14)21(19-3-2-10-27-19)24-13-20(26)25-18-11-17(22)9-8-16(18)12-23/h2-11,21,24H,13H2,1H3,(H,25,26)/t21-/m0/s1. The number of nitrogens with zero attached hydrogens (tertiary/aromatic N) is 1. The molecule has 0 aliphatic rings. The summed E-state index contributed by atoms with van der Waals surface area (Å²) in [6.45, 7) is 2.15. The lowest BCUT2D eigenvalue weighted by atomic mass is 10.0. The molecule has 3 aromatic rings. The summed E-state index contributed by atoms with van der Waals surface area (Å²) >= 11 is 7.61. The maximum absolute atomic E-state index is 12.4. The van der Waals surface area contributed by atoms with E-state index in [0.717, 1.165) is 10.4 Å². The van der Waals surface area contributed by atoms with Crippen LogP contribution in [0.2, 0.25) is 5.02 Å². The molecule has 0 spiro atoms. The summed E-state index contributed by atoms with van der Waals surface area (Å²) in [5.41, 5.74) is 3.07. The van der Waals surface area contributed by atoms with Crippen molar-refractivity contribution in [3.8, 4) is 6.07 Å². The van der Waals surface area contributed by atoms with Crippen LogP contribution in [0.5, 0.6) is 0 Å². The third kappa shape index (κ3) is 4.95. The van der Waals surface area contributed by atoms with Gasteiger partial charge in [-0.25, -0.2) is 0 Å². The highest BCUT2D eigenvalue weighted by molar-refractivity contribution is 7.10. The number of nitriles is 1. The Balaban J connectivity index is 1.72. The van der Waals surface area contributed by atoms with E-state index < -0.39 is 0 Å². The summed E-state index contributed by atoms with van der Waals surface area (Å²) in [6, 6.07) is 19.1. The SMILES string of the molecule is Cc1ccc([C@H](NCC(=O)Nc2cc(Cl)ccc2C#N)c2cccs2)cc1. The van der Waals surface area contributed by atoms with Crippen molar-refractivity contribution in [2.45, 2.75) is 13.0 Å². The summed E-state index contributed by atoms with van der Waals surface area (Å²) in [4.78, 5) is 13.6. The topological polar surface area (TPSA) is 64.9 Å². The monoisotopic (exact) mass is 395 g/mol. The lowest BCUT2D eigenvalue weighted by molar-refractivity contribution is -0.115. The highest BCUT2D eigenvalue weighted by atomic mass is 35.5. The molecule has 2 N–H and O–H groups in total. The van der Waals surface area contributed by atoms with Gasteiger partial charge in [-0.05, 0) is 42.1 Å². The van der Waals surface area contributed by atoms with Crippen molar-refractivity contribution in [1.82, 2.24) is 5.32 Å². The zero-order chi connectivity index (χ0) is 19.2. The fourth-order valence-electron chi connectivity index (χ4n) is 2.70. The van der Waals surface area contributed by atoms with Crippen LogP contribution in [-0.4, -0.2) is 12.5 Å². The second kappa shape index (κ2) is 8.83. The maximum atomic E-state index is 12.4. The van der Waals surface area contributed by atoms with E-state index in [1.165, 1.54) is 5.56 Å². The van der Waals surface area contributed by atoms with Crippen LogP contribution in [0.25, 0.3) is 0 Å². The van der Waals surface area contributed by atoms with Gasteiger partial charge in [0, 0.05) is 9.90 Å². The summed E-state index contributed by atoms with van der Waals surface area (Å²) < 4.78 is 0. The quantitative estimate of drug-likeness (QED) is 0.623. The Kier molecular flexibility index (Phi) is 6.25. The number of hydrogen-bond acceptors (Lipinski definition) is 4. The number of thiophene rings is 1. The van der Waals surface area contributed by atoms with Crippen LogP contribution in [0.3, 0.4) is 0 Å². The van der Waals surface area contributed by atoms with E-state index >= 15 is 0 Å². The number of rotatable bonds is 6. The van der Waals surface area contributed by atoms with Crippen molar-refractivity contribution in [2.75, 3.05) is 11.9 Å². The summed E-state index contributed by atoms with van der Waals surface area (Å²) in [5.74, 6) is -0.234. The Bertz CT molecular complexity index is 962. The van der Waals surface area contributed by atoms with Crippen LogP contribution in [-0.2, 0) is 4.79 Å². The molecule has 3 rings (SSSR count). The van der Waals surface area contributed by atoms with Crippen molar-refractivity contribution in [3.05, 3.63) is 86.6 Å². The molecular formula is C21H18ClN3OS. The average molecular weight is 396 g/mol. The number of anilines is 1. The molecule has 1 atom stereocenters. The Morgan fingerprint density at radius 3 is 2.67 bits per heavy atom. The lowest BCUT2D eigenvalue weighted by Gasteiger charge is -2.18. The smallest absolute Gasteiger partial charge is 0.238 e. The van der Waals surface area contributed by atoms with Gasteiger partial charge in [0.1, 0.15) is 6.07 Å². The first kappa shape index (κ1) is 19.1. The van der Waals surface area contributed by atoms with Gasteiger partial charge in [0.25, 0.3) is 0 Å². The number of halogens is 1. The first-order valence-electron chi connectivity index (χ1n) is 8.39. The summed E-state index contributed by atoms with van der Waals surface area (Å²) in [6.07, 6.45) is 0. The van der Waals surface area contributed by atoms with Crippen molar-refractivity contribution in [3.63, 3.8) is 0 Å². The molecule has 6 heteroatoms. The largest absolute Gasteiger partial charge is 0.324 e. The van der Waals surface area contributed by atoms with E-state index in [0.29, 0.717) is 16.3 Å². The Labute approximate surface area is 167 Å². The van der Waals surface area contributed by atoms with Gasteiger partial charge in [0.2, 0.25) is 5.91 Å². The summed E-state index contributed by atoms with van der Waals surface area (Å²) in [7, 11) is 0. The van der Waals surface area contributed by atoms with E-state index in [9.17, 15) is 10.1 Å². The van der Waals surface area contributed by atoms with Gasteiger partial charge in [0.05, 0.1) is 23.8 Å². The van der Waals surface area contributed by atoms with Crippen molar-refractivity contribution in [2.24, 2.45) is 0 Å². The first-order valence-corrected chi connectivity index (χ1v) is 9.65. The Morgan fingerprint density at radius 2 is 2.00 bits per heavy atom. The van der Waals surface area contributed by atoms with Crippen LogP contribution in [0.1, 0.15) is 27.6 Å². The molecule has 0 bridgehead atoms. The third-order valence-electron chi connectivity index (χ3n) is 4.08. The van der Waals surface area contributed by atoms with Crippen LogP contribution in [0, 0.1) is 18.3 Å². The van der Waals surface area contributed by atoms with Gasteiger partial charge in [-0.2, -0.15) is 5.26 Å². The predicted octanol–water partition coefficient (Wildman–Crippen LogP) is 4.90. The van der Waals surface area contributed by atoms with Crippen LogP contribution in [0.15, 0.2) is 60.0 Å². The van der Waals surface area contributed by atoms with Crippen LogP contribution < -0.4 is 10.6 Å². The zero-order valence-corrected chi connectivity index (χ0v) is 16.3. The van der Waals surface area contributed by atoms with Crippen molar-refractivity contribution in [1.29, 1.82) is 5.26 Å². The van der Waals surface area contributed by atoms with E-state index in [2.05, 4.69) is 41.0 Å². The van der Waals surface area contributed by atoms with E-state index in [1.807, 2.05) is 24.4 Å². The van der Waals surface area contributed by atoms with Gasteiger partial charge in [-0.15, -0.1) is 11.3 Å². The molecule has 0 saturated carbocycles. The molecule has 0 aliphatic carbocycles. The zero-order valence-electron chi connectivity index (χ0n) is 14.7. The van der Waals surface area contributed by atoms with E-state index in [4.69, 9.17) is 11.6 Å². The molecule has 1 heterocycles. The molecule has 0 unspecified atom stereocenters. The average Bonchev–Trinajstić information content (AvgIpc) is 3.18. The van der Waals surface area contributed by atoms with E-state index in [-0.39, 0.29) is 18.5 Å². The number of aryl methyl sites for hydroxylation is 1. The molecule has 27 heavy (non-hydrogen) atoms. The highest BCUT2D eigenvalue weighted by Crippen LogP contribution is 2.26. The molecule has 1 aromatic heterocycles. The molecule has 1 amide bonds. The number of nitrogens with one attached hydrogen (secondary N) is 2.